The number of hydrogen-bond donors (Lipinski definition) is 0. The van der Waals surface area contributed by atoms with E-state index in [9.17, 15) is 0 Å². The van der Waals surface area contributed by atoms with Gasteiger partial charge in [-0.25, -0.2) is 0 Å². The molecule has 0 aliphatic carbocycles. The molecule has 0 radical (unpaired) electrons. The number of rotatable bonds is 5. The summed E-state index contributed by atoms with van der Waals surface area (Å²) < 4.78 is 0. The summed E-state index contributed by atoms with van der Waals surface area (Å²) in [5, 5.41) is 0. The van der Waals surface area contributed by atoms with E-state index in [2.05, 4.69) is 146 Å². The fraction of sp³-hybridized carbons (Fsp3) is 0.0625. The van der Waals surface area contributed by atoms with Crippen molar-refractivity contribution in [3.05, 3.63) is 167 Å². The summed E-state index contributed by atoms with van der Waals surface area (Å²) in [5.41, 5.74) is 8.40. The quantitative estimate of drug-likeness (QED) is 0.257. The van der Waals surface area contributed by atoms with Gasteiger partial charge in [-0.05, 0) is 40.3 Å². The molecule has 0 saturated heterocycles. The van der Waals surface area contributed by atoms with Crippen molar-refractivity contribution in [2.45, 2.75) is 12.3 Å². The Balaban J connectivity index is 1.79. The first kappa shape index (κ1) is 20.0. The molecule has 0 spiro atoms. The maximum absolute atomic E-state index is 2.29. The van der Waals surface area contributed by atoms with Gasteiger partial charge in [0.25, 0.3) is 0 Å². The molecule has 0 unspecified atom stereocenters. The average molecular weight is 411 g/mol. The molecule has 0 nitrogen and oxygen atoms in total. The molecule has 5 aromatic rings. The molecule has 0 heteroatoms. The van der Waals surface area contributed by atoms with Crippen LogP contribution in [0.25, 0.3) is 11.1 Å². The zero-order chi connectivity index (χ0) is 21.8. The van der Waals surface area contributed by atoms with Crippen molar-refractivity contribution in [2.75, 3.05) is 0 Å². The van der Waals surface area contributed by atoms with E-state index in [0.717, 1.165) is 0 Å². The van der Waals surface area contributed by atoms with Crippen molar-refractivity contribution < 1.29 is 0 Å². The predicted molar refractivity (Wildman–Crippen MR) is 135 cm³/mol. The van der Waals surface area contributed by atoms with Crippen molar-refractivity contribution in [3.63, 3.8) is 0 Å². The fourth-order valence-corrected chi connectivity index (χ4v) is 4.72. The number of aryl methyl sites for hydroxylation is 1. The molecule has 0 aliphatic heterocycles. The first-order valence-corrected chi connectivity index (χ1v) is 11.1. The molecule has 0 amide bonds. The van der Waals surface area contributed by atoms with E-state index < -0.39 is 5.41 Å². The zero-order valence-corrected chi connectivity index (χ0v) is 18.3. The van der Waals surface area contributed by atoms with E-state index in [4.69, 9.17) is 0 Å². The largest absolute Gasteiger partial charge is 0.0701 e. The summed E-state index contributed by atoms with van der Waals surface area (Å²) in [4.78, 5) is 0. The van der Waals surface area contributed by atoms with Gasteiger partial charge in [-0.2, -0.15) is 0 Å². The highest BCUT2D eigenvalue weighted by atomic mass is 14.4. The lowest BCUT2D eigenvalue weighted by molar-refractivity contribution is 0.745. The number of hydrogen-bond acceptors (Lipinski definition) is 0. The standard InChI is InChI=1S/C32H26/c1-25-17-21-30(22-18-25)32(28-13-7-3-8-14-28,29-15-9-4-10-16-29)31-23-19-27(20-24-31)26-11-5-2-6-12-26/h2-24H,1H3. The van der Waals surface area contributed by atoms with Crippen LogP contribution in [0.15, 0.2) is 140 Å². The third-order valence-corrected chi connectivity index (χ3v) is 6.32. The Hall–Kier alpha value is -3.90. The minimum Gasteiger partial charge on any atom is -0.0622 e. The lowest BCUT2D eigenvalue weighted by atomic mass is 9.65. The van der Waals surface area contributed by atoms with Crippen LogP contribution in [0.3, 0.4) is 0 Å². The van der Waals surface area contributed by atoms with Crippen molar-refractivity contribution in [2.24, 2.45) is 0 Å². The highest BCUT2D eigenvalue weighted by Crippen LogP contribution is 2.45. The Morgan fingerprint density at radius 1 is 0.344 bits per heavy atom. The molecule has 5 aromatic carbocycles. The molecule has 0 aromatic heterocycles. The van der Waals surface area contributed by atoms with E-state index in [-0.39, 0.29) is 0 Å². The minimum atomic E-state index is -0.397. The van der Waals surface area contributed by atoms with E-state index in [1.54, 1.807) is 0 Å². The van der Waals surface area contributed by atoms with Gasteiger partial charge in [-0.1, -0.05) is 145 Å². The van der Waals surface area contributed by atoms with Gasteiger partial charge in [0.1, 0.15) is 0 Å². The second kappa shape index (κ2) is 8.69. The first-order valence-electron chi connectivity index (χ1n) is 11.1. The molecule has 154 valence electrons. The topological polar surface area (TPSA) is 0 Å². The van der Waals surface area contributed by atoms with Crippen molar-refractivity contribution >= 4 is 0 Å². The second-order valence-corrected chi connectivity index (χ2v) is 8.29. The van der Waals surface area contributed by atoms with Gasteiger partial charge in [0, 0.05) is 0 Å². The molecule has 32 heavy (non-hydrogen) atoms. The van der Waals surface area contributed by atoms with Gasteiger partial charge in [0.05, 0.1) is 5.41 Å². The molecule has 5 rings (SSSR count). The SMILES string of the molecule is Cc1ccc(C(c2ccccc2)(c2ccccc2)c2ccc(-c3ccccc3)cc2)cc1. The summed E-state index contributed by atoms with van der Waals surface area (Å²) in [5.74, 6) is 0. The zero-order valence-electron chi connectivity index (χ0n) is 18.3. The van der Waals surface area contributed by atoms with Gasteiger partial charge < -0.3 is 0 Å². The van der Waals surface area contributed by atoms with Crippen LogP contribution in [0.5, 0.6) is 0 Å². The smallest absolute Gasteiger partial charge is 0.0622 e. The Morgan fingerprint density at radius 2 is 0.688 bits per heavy atom. The summed E-state index contributed by atoms with van der Waals surface area (Å²) in [6.07, 6.45) is 0. The van der Waals surface area contributed by atoms with E-state index in [0.29, 0.717) is 0 Å². The van der Waals surface area contributed by atoms with Crippen LogP contribution in [0.1, 0.15) is 27.8 Å². The molecule has 0 fully saturated rings. The van der Waals surface area contributed by atoms with E-state index in [1.165, 1.54) is 38.9 Å². The van der Waals surface area contributed by atoms with Gasteiger partial charge in [0.15, 0.2) is 0 Å². The maximum Gasteiger partial charge on any atom is 0.0701 e. The van der Waals surface area contributed by atoms with Crippen LogP contribution < -0.4 is 0 Å². The van der Waals surface area contributed by atoms with Crippen LogP contribution >= 0.6 is 0 Å². The Morgan fingerprint density at radius 3 is 1.16 bits per heavy atom. The molecule has 0 atom stereocenters. The maximum atomic E-state index is 2.29. The molecule has 0 bridgehead atoms. The third-order valence-electron chi connectivity index (χ3n) is 6.32. The van der Waals surface area contributed by atoms with Crippen molar-refractivity contribution in [3.8, 4) is 11.1 Å². The monoisotopic (exact) mass is 410 g/mol. The van der Waals surface area contributed by atoms with Gasteiger partial charge >= 0.3 is 0 Å². The van der Waals surface area contributed by atoms with Gasteiger partial charge in [-0.3, -0.25) is 0 Å². The lowest BCUT2D eigenvalue weighted by Gasteiger charge is -2.37. The van der Waals surface area contributed by atoms with Crippen molar-refractivity contribution in [1.82, 2.24) is 0 Å². The molecular formula is C32H26. The summed E-state index contributed by atoms with van der Waals surface area (Å²) in [6, 6.07) is 50.4. The van der Waals surface area contributed by atoms with Crippen LogP contribution in [0, 0.1) is 6.92 Å². The molecule has 0 aliphatic rings. The van der Waals surface area contributed by atoms with Gasteiger partial charge in [-0.15, -0.1) is 0 Å². The van der Waals surface area contributed by atoms with Gasteiger partial charge in [0.2, 0.25) is 0 Å². The van der Waals surface area contributed by atoms with E-state index in [1.807, 2.05) is 0 Å². The number of benzene rings is 5. The summed E-state index contributed by atoms with van der Waals surface area (Å²) >= 11 is 0. The van der Waals surface area contributed by atoms with Crippen LogP contribution in [0.2, 0.25) is 0 Å². The Labute approximate surface area is 190 Å². The third kappa shape index (κ3) is 3.55. The minimum absolute atomic E-state index is 0.397. The van der Waals surface area contributed by atoms with Crippen LogP contribution in [0.4, 0.5) is 0 Å². The molecule has 0 N–H and O–H groups in total. The summed E-state index contributed by atoms with van der Waals surface area (Å²) in [6.45, 7) is 2.14. The second-order valence-electron chi connectivity index (χ2n) is 8.29. The first-order chi connectivity index (χ1) is 15.8. The fourth-order valence-electron chi connectivity index (χ4n) is 4.72. The predicted octanol–water partition coefficient (Wildman–Crippen LogP) is 8.04. The molecular weight excluding hydrogens is 384 g/mol. The van der Waals surface area contributed by atoms with Crippen LogP contribution in [-0.2, 0) is 5.41 Å². The highest BCUT2D eigenvalue weighted by molar-refractivity contribution is 5.66. The Bertz CT molecular complexity index is 1230. The molecule has 0 saturated carbocycles. The van der Waals surface area contributed by atoms with E-state index >= 15 is 0 Å². The Kier molecular flexibility index (Phi) is 5.44. The summed E-state index contributed by atoms with van der Waals surface area (Å²) in [7, 11) is 0. The molecule has 0 heterocycles. The van der Waals surface area contributed by atoms with Crippen LogP contribution in [-0.4, -0.2) is 0 Å². The van der Waals surface area contributed by atoms with Crippen molar-refractivity contribution in [1.29, 1.82) is 0 Å². The highest BCUT2D eigenvalue weighted by Gasteiger charge is 2.38. The normalized spacial score (nSPS) is 11.3. The lowest BCUT2D eigenvalue weighted by Crippen LogP contribution is -2.31. The average Bonchev–Trinajstić information content (AvgIpc) is 2.88.